The molecule has 0 spiro atoms. The van der Waals surface area contributed by atoms with Gasteiger partial charge in [0.15, 0.2) is 17.3 Å². The predicted octanol–water partition coefficient (Wildman–Crippen LogP) is 5.11. The molecule has 0 aliphatic rings. The zero-order valence-corrected chi connectivity index (χ0v) is 22.6. The van der Waals surface area contributed by atoms with Gasteiger partial charge in [0.1, 0.15) is 16.9 Å². The second-order valence-electron chi connectivity index (χ2n) is 9.05. The van der Waals surface area contributed by atoms with E-state index >= 15 is 4.39 Å². The number of aromatic nitrogens is 5. The van der Waals surface area contributed by atoms with Crippen LogP contribution in [0, 0.1) is 11.6 Å². The van der Waals surface area contributed by atoms with Crippen molar-refractivity contribution in [3.05, 3.63) is 123 Å². The first-order chi connectivity index (χ1) is 20.3. The van der Waals surface area contributed by atoms with Gasteiger partial charge in [0, 0.05) is 42.5 Å². The smallest absolute Gasteiger partial charge is 0.335 e. The fourth-order valence-corrected chi connectivity index (χ4v) is 4.96. The van der Waals surface area contributed by atoms with Crippen LogP contribution in [-0.4, -0.2) is 29.6 Å². The minimum absolute atomic E-state index is 0.0553. The summed E-state index contributed by atoms with van der Waals surface area (Å²) in [5.41, 5.74) is 1.30. The molecule has 0 unspecified atom stereocenters. The van der Waals surface area contributed by atoms with Gasteiger partial charge in [-0.25, -0.2) is 22.7 Å². The summed E-state index contributed by atoms with van der Waals surface area (Å²) in [6, 6.07) is 12.0. The van der Waals surface area contributed by atoms with Crippen molar-refractivity contribution in [2.45, 2.75) is 13.5 Å². The molecule has 0 aliphatic heterocycles. The molecular formula is C29H20F2N6O4S. The van der Waals surface area contributed by atoms with Crippen molar-refractivity contribution in [3.63, 3.8) is 0 Å². The second kappa shape index (κ2) is 10.9. The molecule has 0 saturated heterocycles. The van der Waals surface area contributed by atoms with Gasteiger partial charge in [-0.1, -0.05) is 0 Å². The summed E-state index contributed by atoms with van der Waals surface area (Å²) in [6.45, 7) is 1.83. The molecule has 0 saturated carbocycles. The first kappa shape index (κ1) is 26.8. The molecule has 0 bridgehead atoms. The normalized spacial score (nSPS) is 11.1. The van der Waals surface area contributed by atoms with E-state index in [-0.39, 0.29) is 29.2 Å². The summed E-state index contributed by atoms with van der Waals surface area (Å²) in [4.78, 5) is 44.2. The van der Waals surface area contributed by atoms with E-state index < -0.39 is 28.8 Å². The molecule has 210 valence electrons. The monoisotopic (exact) mass is 586 g/mol. The SMILES string of the molecule is CCn1cc(C(=O)Nc2ccc(Oc3cc(-c4cncs4)cn4nccc34)c(F)c2)c(=O)n(-c2ccc(F)cc2)c1=O. The number of carbonyl (C=O) groups excluding carboxylic acids is 1. The van der Waals surface area contributed by atoms with Crippen LogP contribution in [0.2, 0.25) is 0 Å². The lowest BCUT2D eigenvalue weighted by molar-refractivity contribution is 0.102. The molecule has 1 N–H and O–H groups in total. The minimum atomic E-state index is -0.903. The Morgan fingerprint density at radius 2 is 1.83 bits per heavy atom. The van der Waals surface area contributed by atoms with E-state index in [9.17, 15) is 18.8 Å². The molecule has 1 amide bonds. The van der Waals surface area contributed by atoms with Crippen LogP contribution in [0.25, 0.3) is 21.6 Å². The number of nitrogens with one attached hydrogen (secondary N) is 1. The summed E-state index contributed by atoms with van der Waals surface area (Å²) in [5.74, 6) is -1.92. The molecule has 2 aromatic carbocycles. The van der Waals surface area contributed by atoms with E-state index in [1.807, 2.05) is 6.20 Å². The van der Waals surface area contributed by atoms with Crippen molar-refractivity contribution in [1.82, 2.24) is 23.7 Å². The van der Waals surface area contributed by atoms with Gasteiger partial charge in [-0.15, -0.1) is 11.3 Å². The quantitative estimate of drug-likeness (QED) is 0.278. The number of amides is 1. The number of pyridine rings is 1. The van der Waals surface area contributed by atoms with E-state index in [1.54, 1.807) is 41.5 Å². The maximum absolute atomic E-state index is 15.2. The number of hydrogen-bond acceptors (Lipinski definition) is 7. The lowest BCUT2D eigenvalue weighted by Crippen LogP contribution is -2.42. The van der Waals surface area contributed by atoms with Crippen LogP contribution in [0.4, 0.5) is 14.5 Å². The number of fused-ring (bicyclic) bond motifs is 1. The first-order valence-electron chi connectivity index (χ1n) is 12.6. The number of thiazole rings is 1. The molecule has 4 heterocycles. The van der Waals surface area contributed by atoms with Gasteiger partial charge < -0.3 is 10.1 Å². The molecule has 0 atom stereocenters. The fraction of sp³-hybridized carbons (Fsp3) is 0.0690. The number of hydrogen-bond donors (Lipinski definition) is 1. The zero-order valence-electron chi connectivity index (χ0n) is 21.8. The Morgan fingerprint density at radius 3 is 2.55 bits per heavy atom. The largest absolute Gasteiger partial charge is 0.452 e. The van der Waals surface area contributed by atoms with Gasteiger partial charge >= 0.3 is 5.69 Å². The third kappa shape index (κ3) is 4.97. The third-order valence-corrected chi connectivity index (χ3v) is 7.24. The van der Waals surface area contributed by atoms with Crippen LogP contribution in [-0.2, 0) is 6.54 Å². The van der Waals surface area contributed by atoms with Crippen molar-refractivity contribution in [3.8, 4) is 27.6 Å². The number of ether oxygens (including phenoxy) is 1. The van der Waals surface area contributed by atoms with Crippen LogP contribution in [0.3, 0.4) is 0 Å². The lowest BCUT2D eigenvalue weighted by atomic mass is 10.2. The number of aryl methyl sites for hydroxylation is 1. The van der Waals surface area contributed by atoms with E-state index in [1.165, 1.54) is 40.2 Å². The van der Waals surface area contributed by atoms with Crippen LogP contribution >= 0.6 is 11.3 Å². The average molecular weight is 587 g/mol. The van der Waals surface area contributed by atoms with Gasteiger partial charge in [0.05, 0.1) is 22.3 Å². The Balaban J connectivity index is 1.29. The standard InChI is InChI=1S/C29H20F2N6O4S/c1-2-35-15-21(28(39)37(29(35)40)20-6-3-18(30)4-7-20)27(38)34-19-5-8-24(22(31)12-19)41-25-11-17(26-13-32-16-42-26)14-36-23(25)9-10-33-36/h3-16H,2H2,1H3,(H,34,38). The number of nitrogens with zero attached hydrogens (tertiary/aromatic N) is 5. The van der Waals surface area contributed by atoms with E-state index in [2.05, 4.69) is 15.4 Å². The van der Waals surface area contributed by atoms with Gasteiger partial charge in [0.25, 0.3) is 11.5 Å². The molecule has 0 aliphatic carbocycles. The number of benzene rings is 2. The van der Waals surface area contributed by atoms with Crippen LogP contribution < -0.4 is 21.3 Å². The maximum Gasteiger partial charge on any atom is 0.335 e. The molecule has 10 nitrogen and oxygen atoms in total. The Morgan fingerprint density at radius 1 is 1.02 bits per heavy atom. The van der Waals surface area contributed by atoms with Crippen molar-refractivity contribution in [2.24, 2.45) is 0 Å². The van der Waals surface area contributed by atoms with E-state index in [0.717, 1.165) is 39.4 Å². The molecule has 0 fully saturated rings. The fourth-order valence-electron chi connectivity index (χ4n) is 4.35. The summed E-state index contributed by atoms with van der Waals surface area (Å²) in [7, 11) is 0. The maximum atomic E-state index is 15.2. The molecule has 4 aromatic heterocycles. The summed E-state index contributed by atoms with van der Waals surface area (Å²) in [6.07, 6.45) is 6.26. The number of rotatable bonds is 7. The molecule has 42 heavy (non-hydrogen) atoms. The topological polar surface area (TPSA) is 113 Å². The van der Waals surface area contributed by atoms with E-state index in [4.69, 9.17) is 4.74 Å². The molecule has 0 radical (unpaired) electrons. The summed E-state index contributed by atoms with van der Waals surface area (Å²) < 4.78 is 38.1. The average Bonchev–Trinajstić information content (AvgIpc) is 3.68. The van der Waals surface area contributed by atoms with Crippen molar-refractivity contribution < 1.29 is 18.3 Å². The predicted molar refractivity (Wildman–Crippen MR) is 153 cm³/mol. The Bertz CT molecular complexity index is 2070. The van der Waals surface area contributed by atoms with Crippen molar-refractivity contribution >= 4 is 28.4 Å². The number of carbonyl (C=O) groups is 1. The van der Waals surface area contributed by atoms with Gasteiger partial charge in [-0.2, -0.15) is 5.10 Å². The second-order valence-corrected chi connectivity index (χ2v) is 9.94. The molecule has 6 aromatic rings. The Hall–Kier alpha value is -5.43. The highest BCUT2D eigenvalue weighted by atomic mass is 32.1. The van der Waals surface area contributed by atoms with Crippen LogP contribution in [0.15, 0.2) is 94.5 Å². The third-order valence-electron chi connectivity index (χ3n) is 6.42. The summed E-state index contributed by atoms with van der Waals surface area (Å²) >= 11 is 1.44. The molecule has 6 rings (SSSR count). The highest BCUT2D eigenvalue weighted by Gasteiger charge is 2.20. The summed E-state index contributed by atoms with van der Waals surface area (Å²) in [5, 5.41) is 6.76. The first-order valence-corrected chi connectivity index (χ1v) is 13.5. The van der Waals surface area contributed by atoms with Gasteiger partial charge in [-0.05, 0) is 55.5 Å². The van der Waals surface area contributed by atoms with Crippen LogP contribution in [0.5, 0.6) is 11.5 Å². The van der Waals surface area contributed by atoms with Gasteiger partial charge in [-0.3, -0.25) is 19.1 Å². The number of halogens is 2. The van der Waals surface area contributed by atoms with Gasteiger partial charge in [0.2, 0.25) is 0 Å². The number of anilines is 1. The van der Waals surface area contributed by atoms with E-state index in [0.29, 0.717) is 11.3 Å². The highest BCUT2D eigenvalue weighted by Crippen LogP contribution is 2.34. The minimum Gasteiger partial charge on any atom is -0.452 e. The zero-order chi connectivity index (χ0) is 29.4. The highest BCUT2D eigenvalue weighted by molar-refractivity contribution is 7.13. The Labute approximate surface area is 239 Å². The van der Waals surface area contributed by atoms with Crippen LogP contribution in [0.1, 0.15) is 17.3 Å². The van der Waals surface area contributed by atoms with Crippen molar-refractivity contribution in [1.29, 1.82) is 0 Å². The van der Waals surface area contributed by atoms with Crippen molar-refractivity contribution in [2.75, 3.05) is 5.32 Å². The lowest BCUT2D eigenvalue weighted by Gasteiger charge is -2.13. The molecule has 13 heteroatoms. The molecular weight excluding hydrogens is 566 g/mol. The Kier molecular flexibility index (Phi) is 6.92.